The molecule has 6 heterocycles. The van der Waals surface area contributed by atoms with Crippen molar-refractivity contribution in [1.82, 2.24) is 16.0 Å². The van der Waals surface area contributed by atoms with Crippen molar-refractivity contribution < 1.29 is 209 Å². The van der Waals surface area contributed by atoms with E-state index in [1.54, 1.807) is 0 Å². The van der Waals surface area contributed by atoms with Crippen LogP contribution in [0.25, 0.3) is 0 Å². The first-order valence-electron chi connectivity index (χ1n) is 37.2. The molecule has 45 nitrogen and oxygen atoms in total. The van der Waals surface area contributed by atoms with Crippen molar-refractivity contribution in [3.05, 3.63) is 105 Å². The van der Waals surface area contributed by atoms with E-state index in [2.05, 4.69) is 16.0 Å². The van der Waals surface area contributed by atoms with E-state index in [9.17, 15) is 152 Å². The van der Waals surface area contributed by atoms with E-state index >= 15 is 4.79 Å². The number of carboxylic acids is 1. The number of aliphatic hydroxyl groups excluding tert-OH is 8. The molecule has 6 aromatic carbocycles. The van der Waals surface area contributed by atoms with Gasteiger partial charge in [-0.15, -0.1) is 0 Å². The number of aliphatic carboxylic acids is 1. The summed E-state index contributed by atoms with van der Waals surface area (Å²) in [6.07, 6.45) is -46.9. The maximum Gasteiger partial charge on any atom is 0.338 e. The Balaban J connectivity index is 1.03. The zero-order valence-corrected chi connectivity index (χ0v) is 64.1. The fourth-order valence-corrected chi connectivity index (χ4v) is 15.8. The van der Waals surface area contributed by atoms with Gasteiger partial charge in [-0.2, -0.15) is 0 Å². The van der Waals surface area contributed by atoms with Crippen molar-refractivity contribution in [3.63, 3.8) is 0 Å². The third-order valence-electron chi connectivity index (χ3n) is 21.8. The molecule has 0 aliphatic carbocycles. The van der Waals surface area contributed by atoms with E-state index in [0.29, 0.717) is 24.3 Å². The van der Waals surface area contributed by atoms with Gasteiger partial charge in [0.05, 0.1) is 30.9 Å². The van der Waals surface area contributed by atoms with Crippen molar-refractivity contribution >= 4 is 35.4 Å². The molecule has 28 N–H and O–H groups in total. The number of methoxy groups -OCH3 is 1. The number of hydrogen-bond donors (Lipinski definition) is 28. The van der Waals surface area contributed by atoms with Gasteiger partial charge in [0.15, 0.2) is 112 Å². The number of carboxylic acid groups (broad SMARTS) is 1. The number of rotatable bonds is 24. The number of aliphatic hydroxyl groups is 8. The van der Waals surface area contributed by atoms with Gasteiger partial charge in [0.1, 0.15) is 126 Å². The molecule has 0 bridgehead atoms. The van der Waals surface area contributed by atoms with Gasteiger partial charge in [-0.3, -0.25) is 19.2 Å². The third-order valence-corrected chi connectivity index (χ3v) is 21.8. The first-order valence-corrected chi connectivity index (χ1v) is 37.2. The number of aromatic hydroxyl groups is 16. The standard InChI is InChI=1S/C77H87N3O42/c1-21-50(79-22(2)83)66(56(102)46(19-81)113-21)118-76-61(107)59(105)69(120-75-51(80-23(3)84)67(57(103)47(20-82)115-75)119-77-60(106)58(104)68(112-4)71(122-77)73(109)110)70(121-76)72(108)78-18-31(48-35(88)16-33(86)29-5-25(8-32(85)24-6-37(90)52(98)38(91)7-24)62(116-64(29)48)26-9-39(92)53(99)40(93)10-26)49-36(89)17-34(87)30-15-45(114-74(111)28-13-43(96)55(101)44(97)14-28)63(117-65(30)49)27-11-41(94)54(100)42(95)12-27/h6-7,9-14,16-17,21,25,31,45-47,50-51,56-63,66-71,75-77,81-82,86-107H,5,8,15,18-20H2,1-4H3,(H,78,108)(H,79,83)(H,80,84)(H,109,110)/t21-,25-,31?,45+,46?,47?,50+,51-,56+,57+,58?,59?,60-,61-,62-,63+,66?,67?,68-,69-,70?,71?,75-,76+,77+/m0/s1. The number of esters is 1. The lowest BCUT2D eigenvalue weighted by Gasteiger charge is -2.50. The van der Waals surface area contributed by atoms with E-state index in [0.717, 1.165) is 57.4 Å². The highest BCUT2D eigenvalue weighted by atomic mass is 16.8. The zero-order chi connectivity index (χ0) is 89.1. The average molecular weight is 1730 g/mol. The summed E-state index contributed by atoms with van der Waals surface area (Å²) in [6.45, 7) is -0.136. The first kappa shape index (κ1) is 89.4. The molecule has 0 radical (unpaired) electrons. The fourth-order valence-electron chi connectivity index (χ4n) is 15.8. The van der Waals surface area contributed by atoms with Crippen LogP contribution in [0.1, 0.15) is 99.4 Å². The van der Waals surface area contributed by atoms with E-state index in [4.69, 9.17) is 52.1 Å². The lowest BCUT2D eigenvalue weighted by Crippen LogP contribution is -2.71. The second-order valence-electron chi connectivity index (χ2n) is 29.8. The topological polar surface area (TPSA) is 746 Å². The van der Waals surface area contributed by atoms with Crippen molar-refractivity contribution in [1.29, 1.82) is 0 Å². The van der Waals surface area contributed by atoms with Crippen LogP contribution in [-0.4, -0.2) is 319 Å². The van der Waals surface area contributed by atoms with Crippen LogP contribution in [0.15, 0.2) is 60.7 Å². The number of ether oxygens (including phenoxy) is 11. The van der Waals surface area contributed by atoms with Crippen LogP contribution in [0, 0.1) is 5.92 Å². The highest BCUT2D eigenvalue weighted by molar-refractivity contribution is 5.97. The Bertz CT molecular complexity index is 4690. The van der Waals surface area contributed by atoms with Gasteiger partial charge in [0, 0.05) is 103 Å². The third kappa shape index (κ3) is 17.4. The lowest BCUT2D eigenvalue weighted by molar-refractivity contribution is -0.365. The van der Waals surface area contributed by atoms with Gasteiger partial charge < -0.3 is 196 Å². The maximum atomic E-state index is 16.2. The maximum absolute atomic E-state index is 16.2. The molecule has 6 aromatic rings. The van der Waals surface area contributed by atoms with Crippen LogP contribution in [0.2, 0.25) is 0 Å². The quantitative estimate of drug-likeness (QED) is 0.0164. The van der Waals surface area contributed by atoms with Crippen molar-refractivity contribution in [3.8, 4) is 103 Å². The molecule has 0 saturated carbocycles. The zero-order valence-electron chi connectivity index (χ0n) is 64.1. The van der Waals surface area contributed by atoms with Crippen LogP contribution in [0.3, 0.4) is 0 Å². The summed E-state index contributed by atoms with van der Waals surface area (Å²) in [5.74, 6) is -29.3. The van der Waals surface area contributed by atoms with Gasteiger partial charge >= 0.3 is 11.9 Å². The molecule has 662 valence electrons. The molecule has 122 heavy (non-hydrogen) atoms. The number of carbonyl (C=O) groups excluding carboxylic acids is 5. The van der Waals surface area contributed by atoms with Crippen LogP contribution >= 0.6 is 0 Å². The summed E-state index contributed by atoms with van der Waals surface area (Å²) in [4.78, 5) is 83.6. The van der Waals surface area contributed by atoms with E-state index in [1.165, 1.54) is 6.92 Å². The van der Waals surface area contributed by atoms with E-state index < -0.39 is 370 Å². The molecular weight excluding hydrogens is 1640 g/mol. The van der Waals surface area contributed by atoms with Gasteiger partial charge in [0.25, 0.3) is 5.91 Å². The molecule has 3 amide bonds. The fraction of sp³-hybridized carbons (Fsp3) is 0.455. The second-order valence-corrected chi connectivity index (χ2v) is 29.8. The minimum Gasteiger partial charge on any atom is -0.507 e. The number of Topliss-reactive ketones (excluding diaryl/α,β-unsaturated/α-hetero) is 1. The molecule has 4 fully saturated rings. The molecule has 25 atom stereocenters. The number of phenols is 16. The number of fused-ring (bicyclic) bond motifs is 2. The number of benzene rings is 6. The van der Waals surface area contributed by atoms with E-state index in [1.807, 2.05) is 0 Å². The summed E-state index contributed by atoms with van der Waals surface area (Å²) in [7, 11) is 0.966. The molecule has 0 aromatic heterocycles. The van der Waals surface area contributed by atoms with Crippen molar-refractivity contribution in [2.75, 3.05) is 26.9 Å². The van der Waals surface area contributed by atoms with Gasteiger partial charge in [-0.05, 0) is 61.9 Å². The monoisotopic (exact) mass is 1730 g/mol. The number of nitrogens with one attached hydrogen (secondary N) is 3. The van der Waals surface area contributed by atoms with Gasteiger partial charge in [0.2, 0.25) is 11.8 Å². The second kappa shape index (κ2) is 35.7. The number of ketones is 1. The Morgan fingerprint density at radius 2 is 0.877 bits per heavy atom. The van der Waals surface area contributed by atoms with Crippen molar-refractivity contribution in [2.24, 2.45) is 5.92 Å². The lowest BCUT2D eigenvalue weighted by atomic mass is 9.78. The summed E-state index contributed by atoms with van der Waals surface area (Å²) in [5, 5.41) is 287. The van der Waals surface area contributed by atoms with E-state index in [-0.39, 0.29) is 5.56 Å². The first-order chi connectivity index (χ1) is 57.6. The molecule has 0 spiro atoms. The SMILES string of the molecule is CO[C@@H]1C(C(=O)O)O[C@@H](OC2[C@H](O)C(CO)O[C@@H](O[C@@H]3C(C(=O)NCC(c4c(O)cc(O)c5c4O[C@H](c4cc(O)c(O)c(O)c4)[C@H](CC(=O)c4cc(O)c(O)c(O)c4)C5)c4c(O)cc(O)c5c4O[C@H](c4cc(O)c(O)c(O)c4)[C@H](OC(=O)c4cc(O)c(O)c(O)c4)C5)O[C@@H](OC4[C@H](O)C(CO)O[C@@H](C)[C@H]4NC(C)=O)[C@@H](O)C3O)[C@H]2NC(C)=O)[C@@H](O)C1O. The van der Waals surface area contributed by atoms with Crippen LogP contribution in [0.4, 0.5) is 0 Å². The molecule has 9 unspecified atom stereocenters. The molecule has 12 rings (SSSR count). The summed E-state index contributed by atoms with van der Waals surface area (Å²) >= 11 is 0. The average Bonchev–Trinajstić information content (AvgIpc) is 0.727. The van der Waals surface area contributed by atoms with Crippen molar-refractivity contribution in [2.45, 2.75) is 187 Å². The van der Waals surface area contributed by atoms with Crippen LogP contribution < -0.4 is 25.4 Å². The highest BCUT2D eigenvalue weighted by Crippen LogP contribution is 2.58. The number of hydrogen-bond acceptors (Lipinski definition) is 41. The smallest absolute Gasteiger partial charge is 0.338 e. The summed E-state index contributed by atoms with van der Waals surface area (Å²) < 4.78 is 66.5. The minimum atomic E-state index is -2.67. The Morgan fingerprint density at radius 3 is 1.35 bits per heavy atom. The Kier molecular flexibility index (Phi) is 26.1. The summed E-state index contributed by atoms with van der Waals surface area (Å²) in [5.41, 5.74) is -4.27. The van der Waals surface area contributed by atoms with Gasteiger partial charge in [-0.1, -0.05) is 0 Å². The Morgan fingerprint density at radius 1 is 0.459 bits per heavy atom. The molecular formula is C77H87N3O42. The van der Waals surface area contributed by atoms with Gasteiger partial charge in [-0.25, -0.2) is 9.59 Å². The summed E-state index contributed by atoms with van der Waals surface area (Å²) in [6, 6.07) is 3.85. The molecule has 6 aliphatic heterocycles. The Hall–Kier alpha value is -11.9. The highest BCUT2D eigenvalue weighted by Gasteiger charge is 2.59. The minimum absolute atomic E-state index is 0.326. The van der Waals surface area contributed by atoms with Crippen LogP contribution in [-0.2, 0) is 74.7 Å². The largest absolute Gasteiger partial charge is 0.507 e. The molecule has 45 heteroatoms. The molecule has 6 aliphatic rings. The Labute approximate surface area is 685 Å². The van der Waals surface area contributed by atoms with Crippen LogP contribution in [0.5, 0.6) is 103 Å². The number of phenolic OH excluding ortho intramolecular Hbond substituents is 16. The number of carbonyl (C=O) groups is 6. The molecule has 4 saturated heterocycles. The number of amides is 3. The predicted octanol–water partition coefficient (Wildman–Crippen LogP) is -2.93. The normalized spacial score (nSPS) is 30.2. The predicted molar refractivity (Wildman–Crippen MR) is 395 cm³/mol.